The lowest BCUT2D eigenvalue weighted by Gasteiger charge is -2.34. The standard InChI is InChI=1S/C23H24N4O3S/c24-18-5-4-17(22-2-1-11-31-22)13-19(18)25-23(28)27-9-7-26(8-10-27)14-16-3-6-20-21(12-16)30-15-29-20/h1-6,11-13H,7-10,14-15,24H2,(H,25,28). The molecule has 3 heterocycles. The van der Waals surface area contributed by atoms with E-state index in [1.54, 1.807) is 11.3 Å². The summed E-state index contributed by atoms with van der Waals surface area (Å²) in [7, 11) is 0. The highest BCUT2D eigenvalue weighted by atomic mass is 32.1. The van der Waals surface area contributed by atoms with Crippen molar-refractivity contribution >= 4 is 28.7 Å². The number of fused-ring (bicyclic) bond motifs is 1. The molecule has 160 valence electrons. The van der Waals surface area contributed by atoms with Gasteiger partial charge in [0.05, 0.1) is 11.4 Å². The smallest absolute Gasteiger partial charge is 0.321 e. The molecule has 5 rings (SSSR count). The summed E-state index contributed by atoms with van der Waals surface area (Å²) in [5, 5.41) is 5.03. The Balaban J connectivity index is 1.17. The summed E-state index contributed by atoms with van der Waals surface area (Å²) in [6.07, 6.45) is 0. The van der Waals surface area contributed by atoms with Crippen LogP contribution in [-0.2, 0) is 6.54 Å². The summed E-state index contributed by atoms with van der Waals surface area (Å²) in [6, 6.07) is 15.8. The Morgan fingerprint density at radius 1 is 1.03 bits per heavy atom. The molecular formula is C23H24N4O3S. The number of rotatable bonds is 4. The summed E-state index contributed by atoms with van der Waals surface area (Å²) >= 11 is 1.66. The van der Waals surface area contributed by atoms with Gasteiger partial charge in [-0.15, -0.1) is 11.3 Å². The number of anilines is 2. The van der Waals surface area contributed by atoms with Crippen molar-refractivity contribution in [2.75, 3.05) is 44.0 Å². The zero-order valence-electron chi connectivity index (χ0n) is 17.0. The first kappa shape index (κ1) is 19.7. The van der Waals surface area contributed by atoms with Crippen molar-refractivity contribution in [3.05, 3.63) is 59.5 Å². The number of hydrogen-bond donors (Lipinski definition) is 2. The number of urea groups is 1. The van der Waals surface area contributed by atoms with Crippen LogP contribution in [-0.4, -0.2) is 48.8 Å². The number of carbonyl (C=O) groups excluding carboxylic acids is 1. The highest BCUT2D eigenvalue weighted by Gasteiger charge is 2.22. The number of nitrogens with one attached hydrogen (secondary N) is 1. The molecule has 3 aromatic rings. The Kier molecular flexibility index (Phi) is 5.40. The van der Waals surface area contributed by atoms with Crippen molar-refractivity contribution in [3.63, 3.8) is 0 Å². The summed E-state index contributed by atoms with van der Waals surface area (Å²) < 4.78 is 10.8. The van der Waals surface area contributed by atoms with Crippen LogP contribution in [0.15, 0.2) is 53.9 Å². The predicted molar refractivity (Wildman–Crippen MR) is 123 cm³/mol. The van der Waals surface area contributed by atoms with Crippen LogP contribution in [0.5, 0.6) is 11.5 Å². The molecule has 0 radical (unpaired) electrons. The van der Waals surface area contributed by atoms with Gasteiger partial charge in [0.1, 0.15) is 0 Å². The van der Waals surface area contributed by atoms with Gasteiger partial charge < -0.3 is 25.4 Å². The number of nitrogens with two attached hydrogens (primary N) is 1. The Morgan fingerprint density at radius 3 is 2.68 bits per heavy atom. The SMILES string of the molecule is Nc1ccc(-c2cccs2)cc1NC(=O)N1CCN(Cc2ccc3c(c2)OCO3)CC1. The molecule has 8 heteroatoms. The molecule has 3 N–H and O–H groups in total. The summed E-state index contributed by atoms with van der Waals surface area (Å²) in [5.74, 6) is 1.60. The normalized spacial score (nSPS) is 15.8. The van der Waals surface area contributed by atoms with Crippen molar-refractivity contribution in [2.24, 2.45) is 0 Å². The first-order valence-electron chi connectivity index (χ1n) is 10.3. The lowest BCUT2D eigenvalue weighted by atomic mass is 10.1. The molecule has 2 aliphatic heterocycles. The average molecular weight is 437 g/mol. The van der Waals surface area contributed by atoms with Gasteiger partial charge >= 0.3 is 6.03 Å². The molecule has 7 nitrogen and oxygen atoms in total. The first-order valence-corrected chi connectivity index (χ1v) is 11.1. The van der Waals surface area contributed by atoms with E-state index in [1.807, 2.05) is 46.7 Å². The van der Waals surface area contributed by atoms with Crippen LogP contribution in [0.2, 0.25) is 0 Å². The van der Waals surface area contributed by atoms with Crippen LogP contribution in [0, 0.1) is 0 Å². The van der Waals surface area contributed by atoms with Crippen molar-refractivity contribution in [3.8, 4) is 21.9 Å². The molecule has 2 aromatic carbocycles. The molecule has 0 aliphatic carbocycles. The van der Waals surface area contributed by atoms with E-state index in [2.05, 4.69) is 22.3 Å². The number of amides is 2. The van der Waals surface area contributed by atoms with E-state index in [0.717, 1.165) is 41.6 Å². The molecule has 1 aromatic heterocycles. The van der Waals surface area contributed by atoms with Crippen LogP contribution in [0.25, 0.3) is 10.4 Å². The van der Waals surface area contributed by atoms with Crippen molar-refractivity contribution < 1.29 is 14.3 Å². The molecule has 0 spiro atoms. The number of hydrogen-bond acceptors (Lipinski definition) is 6. The van der Waals surface area contributed by atoms with E-state index in [0.29, 0.717) is 24.5 Å². The number of nitrogen functional groups attached to an aromatic ring is 1. The third-order valence-electron chi connectivity index (χ3n) is 5.60. The summed E-state index contributed by atoms with van der Waals surface area (Å²) in [5.41, 5.74) is 9.56. The van der Waals surface area contributed by atoms with Gasteiger partial charge in [0.2, 0.25) is 6.79 Å². The molecule has 0 unspecified atom stereocenters. The summed E-state index contributed by atoms with van der Waals surface area (Å²) in [6.45, 7) is 4.07. The van der Waals surface area contributed by atoms with Crippen LogP contribution in [0.4, 0.5) is 16.2 Å². The Morgan fingerprint density at radius 2 is 1.87 bits per heavy atom. The molecule has 0 atom stereocenters. The van der Waals surface area contributed by atoms with Crippen LogP contribution in [0.3, 0.4) is 0 Å². The zero-order valence-corrected chi connectivity index (χ0v) is 17.9. The Hall–Kier alpha value is -3.23. The highest BCUT2D eigenvalue weighted by Crippen LogP contribution is 2.33. The number of thiophene rings is 1. The van der Waals surface area contributed by atoms with Crippen LogP contribution >= 0.6 is 11.3 Å². The molecule has 1 saturated heterocycles. The van der Waals surface area contributed by atoms with E-state index in [1.165, 1.54) is 5.56 Å². The monoisotopic (exact) mass is 436 g/mol. The molecule has 2 amide bonds. The minimum Gasteiger partial charge on any atom is -0.454 e. The fourth-order valence-corrected chi connectivity index (χ4v) is 4.59. The molecule has 0 bridgehead atoms. The van der Waals surface area contributed by atoms with E-state index < -0.39 is 0 Å². The lowest BCUT2D eigenvalue weighted by Crippen LogP contribution is -2.49. The second-order valence-corrected chi connectivity index (χ2v) is 8.61. The van der Waals surface area contributed by atoms with Crippen molar-refractivity contribution in [1.82, 2.24) is 9.80 Å². The third kappa shape index (κ3) is 4.30. The fourth-order valence-electron chi connectivity index (χ4n) is 3.86. The van der Waals surface area contributed by atoms with Gasteiger partial charge in [0.25, 0.3) is 0 Å². The van der Waals surface area contributed by atoms with Gasteiger partial charge in [-0.05, 0) is 46.8 Å². The Labute approximate surface area is 185 Å². The second kappa shape index (κ2) is 8.49. The number of nitrogens with zero attached hydrogens (tertiary/aromatic N) is 2. The number of piperazine rings is 1. The lowest BCUT2D eigenvalue weighted by molar-refractivity contribution is 0.143. The van der Waals surface area contributed by atoms with E-state index >= 15 is 0 Å². The number of benzene rings is 2. The van der Waals surface area contributed by atoms with Gasteiger partial charge in [-0.3, -0.25) is 4.90 Å². The maximum absolute atomic E-state index is 12.8. The molecule has 0 saturated carbocycles. The van der Waals surface area contributed by atoms with Gasteiger partial charge in [0, 0.05) is 37.6 Å². The van der Waals surface area contributed by atoms with Crippen LogP contribution in [0.1, 0.15) is 5.56 Å². The minimum absolute atomic E-state index is 0.113. The molecule has 31 heavy (non-hydrogen) atoms. The summed E-state index contributed by atoms with van der Waals surface area (Å²) in [4.78, 5) is 18.2. The van der Waals surface area contributed by atoms with E-state index in [-0.39, 0.29) is 12.8 Å². The van der Waals surface area contributed by atoms with Gasteiger partial charge in [-0.2, -0.15) is 0 Å². The van der Waals surface area contributed by atoms with Gasteiger partial charge in [-0.25, -0.2) is 4.79 Å². The van der Waals surface area contributed by atoms with Crippen LogP contribution < -0.4 is 20.5 Å². The average Bonchev–Trinajstić information content (AvgIpc) is 3.47. The predicted octanol–water partition coefficient (Wildman–Crippen LogP) is 4.08. The molecule has 1 fully saturated rings. The number of ether oxygens (including phenoxy) is 2. The second-order valence-electron chi connectivity index (χ2n) is 7.66. The van der Waals surface area contributed by atoms with Crippen molar-refractivity contribution in [2.45, 2.75) is 6.54 Å². The maximum Gasteiger partial charge on any atom is 0.321 e. The van der Waals surface area contributed by atoms with E-state index in [9.17, 15) is 4.79 Å². The largest absolute Gasteiger partial charge is 0.454 e. The van der Waals surface area contributed by atoms with Gasteiger partial charge in [0.15, 0.2) is 11.5 Å². The zero-order chi connectivity index (χ0) is 21.2. The molecule has 2 aliphatic rings. The highest BCUT2D eigenvalue weighted by molar-refractivity contribution is 7.13. The quantitative estimate of drug-likeness (QED) is 0.603. The maximum atomic E-state index is 12.8. The topological polar surface area (TPSA) is 80.1 Å². The Bertz CT molecular complexity index is 1080. The third-order valence-corrected chi connectivity index (χ3v) is 6.52. The first-order chi connectivity index (χ1) is 15.2. The fraction of sp³-hybridized carbons (Fsp3) is 0.261. The van der Waals surface area contributed by atoms with Crippen molar-refractivity contribution in [1.29, 1.82) is 0 Å². The minimum atomic E-state index is -0.113. The molecular weight excluding hydrogens is 412 g/mol. The van der Waals surface area contributed by atoms with Gasteiger partial charge in [-0.1, -0.05) is 18.2 Å². The van der Waals surface area contributed by atoms with E-state index in [4.69, 9.17) is 15.2 Å². The number of carbonyl (C=O) groups is 1.